The monoisotopic (exact) mass is 244 g/mol. The molecule has 18 heavy (non-hydrogen) atoms. The van der Waals surface area contributed by atoms with E-state index in [1.54, 1.807) is 6.26 Å². The van der Waals surface area contributed by atoms with Gasteiger partial charge in [0.25, 0.3) is 0 Å². The van der Waals surface area contributed by atoms with Crippen molar-refractivity contribution in [3.05, 3.63) is 47.2 Å². The first kappa shape index (κ1) is 11.6. The van der Waals surface area contributed by atoms with Crippen molar-refractivity contribution in [2.24, 2.45) is 5.73 Å². The van der Waals surface area contributed by atoms with Gasteiger partial charge in [-0.05, 0) is 56.9 Å². The lowest BCUT2D eigenvalue weighted by Crippen LogP contribution is -2.19. The van der Waals surface area contributed by atoms with Crippen LogP contribution < -0.4 is 5.73 Å². The molecule has 96 valence electrons. The van der Waals surface area contributed by atoms with Crippen LogP contribution in [0.4, 0.5) is 0 Å². The Morgan fingerprint density at radius 2 is 2.33 bits per heavy atom. The van der Waals surface area contributed by atoms with Crippen LogP contribution in [0.3, 0.4) is 0 Å². The molecule has 0 fully saturated rings. The molecule has 2 aromatic heterocycles. The summed E-state index contributed by atoms with van der Waals surface area (Å²) in [5.74, 6) is 1.01. The lowest BCUT2D eigenvalue weighted by atomic mass is 9.93. The summed E-state index contributed by atoms with van der Waals surface area (Å²) >= 11 is 0. The second kappa shape index (κ2) is 4.32. The Labute approximate surface area is 108 Å². The van der Waals surface area contributed by atoms with Gasteiger partial charge in [-0.3, -0.25) is 0 Å². The van der Waals surface area contributed by atoms with Crippen LogP contribution in [0.15, 0.2) is 28.9 Å². The van der Waals surface area contributed by atoms with Crippen molar-refractivity contribution >= 4 is 0 Å². The minimum Gasteiger partial charge on any atom is -0.467 e. The molecule has 2 unspecified atom stereocenters. The molecular weight excluding hydrogens is 224 g/mol. The molecule has 0 bridgehead atoms. The van der Waals surface area contributed by atoms with E-state index in [0.717, 1.165) is 18.6 Å². The molecule has 2 aromatic rings. The minimum absolute atomic E-state index is 0.206. The zero-order valence-electron chi connectivity index (χ0n) is 11.0. The van der Waals surface area contributed by atoms with Crippen LogP contribution in [0.5, 0.6) is 0 Å². The first-order valence-corrected chi connectivity index (χ1v) is 6.68. The Morgan fingerprint density at radius 3 is 3.06 bits per heavy atom. The summed E-state index contributed by atoms with van der Waals surface area (Å²) in [7, 11) is 0. The van der Waals surface area contributed by atoms with E-state index in [1.165, 1.54) is 23.4 Å². The average Bonchev–Trinajstić information content (AvgIpc) is 2.96. The highest BCUT2D eigenvalue weighted by Crippen LogP contribution is 2.34. The lowest BCUT2D eigenvalue weighted by molar-refractivity contribution is 0.429. The zero-order valence-corrected chi connectivity index (χ0v) is 11.0. The summed E-state index contributed by atoms with van der Waals surface area (Å²) in [6.07, 6.45) is 5.15. The zero-order chi connectivity index (χ0) is 12.7. The van der Waals surface area contributed by atoms with Crippen LogP contribution in [-0.2, 0) is 6.42 Å². The molecule has 0 aromatic carbocycles. The maximum Gasteiger partial charge on any atom is 0.126 e. The van der Waals surface area contributed by atoms with Crippen LogP contribution in [0.25, 0.3) is 0 Å². The predicted molar refractivity (Wildman–Crippen MR) is 71.6 cm³/mol. The fourth-order valence-corrected chi connectivity index (χ4v) is 3.16. The van der Waals surface area contributed by atoms with Crippen molar-refractivity contribution in [1.82, 2.24) is 4.57 Å². The Bertz CT molecular complexity index is 539. The lowest BCUT2D eigenvalue weighted by Gasteiger charge is -2.23. The van der Waals surface area contributed by atoms with E-state index in [-0.39, 0.29) is 12.1 Å². The van der Waals surface area contributed by atoms with Gasteiger partial charge in [0.05, 0.1) is 12.3 Å². The average molecular weight is 244 g/mol. The summed E-state index contributed by atoms with van der Waals surface area (Å²) in [4.78, 5) is 0. The second-order valence-electron chi connectivity index (χ2n) is 5.25. The SMILES string of the molecule is Cc1cc2c(n1C(C)c1ccco1)CCCC2N. The Kier molecular flexibility index (Phi) is 2.78. The number of aromatic nitrogens is 1. The van der Waals surface area contributed by atoms with Crippen molar-refractivity contribution in [3.63, 3.8) is 0 Å². The van der Waals surface area contributed by atoms with Crippen molar-refractivity contribution in [3.8, 4) is 0 Å². The molecule has 2 atom stereocenters. The summed E-state index contributed by atoms with van der Waals surface area (Å²) in [6, 6.07) is 6.69. The van der Waals surface area contributed by atoms with E-state index < -0.39 is 0 Å². The number of hydrogen-bond acceptors (Lipinski definition) is 2. The minimum atomic E-state index is 0.206. The third kappa shape index (κ3) is 1.70. The van der Waals surface area contributed by atoms with Crippen molar-refractivity contribution in [2.45, 2.75) is 45.2 Å². The molecule has 1 aliphatic rings. The fourth-order valence-electron chi connectivity index (χ4n) is 3.16. The highest BCUT2D eigenvalue weighted by atomic mass is 16.3. The summed E-state index contributed by atoms with van der Waals surface area (Å²) in [6.45, 7) is 4.34. The molecule has 0 spiro atoms. The van der Waals surface area contributed by atoms with E-state index in [0.29, 0.717) is 0 Å². The van der Waals surface area contributed by atoms with E-state index in [4.69, 9.17) is 10.2 Å². The maximum atomic E-state index is 6.21. The largest absolute Gasteiger partial charge is 0.467 e. The molecule has 3 rings (SSSR count). The molecule has 0 amide bonds. The predicted octanol–water partition coefficient (Wildman–Crippen LogP) is 3.33. The Hall–Kier alpha value is -1.48. The molecule has 2 heterocycles. The molecule has 0 saturated heterocycles. The van der Waals surface area contributed by atoms with Crippen LogP contribution in [0.1, 0.15) is 54.6 Å². The third-order valence-electron chi connectivity index (χ3n) is 4.04. The molecular formula is C15H20N2O. The van der Waals surface area contributed by atoms with Crippen LogP contribution in [0, 0.1) is 6.92 Å². The van der Waals surface area contributed by atoms with Gasteiger partial charge in [-0.25, -0.2) is 0 Å². The standard InChI is InChI=1S/C15H20N2O/c1-10-9-12-13(16)5-3-6-14(12)17(10)11(2)15-7-4-8-18-15/h4,7-9,11,13H,3,5-6,16H2,1-2H3. The number of nitrogens with zero attached hydrogens (tertiary/aromatic N) is 1. The van der Waals surface area contributed by atoms with Gasteiger partial charge < -0.3 is 14.7 Å². The van der Waals surface area contributed by atoms with Crippen molar-refractivity contribution < 1.29 is 4.42 Å². The quantitative estimate of drug-likeness (QED) is 0.880. The first-order chi connectivity index (χ1) is 8.68. The summed E-state index contributed by atoms with van der Waals surface area (Å²) in [5, 5.41) is 0. The van der Waals surface area contributed by atoms with Gasteiger partial charge in [-0.15, -0.1) is 0 Å². The summed E-state index contributed by atoms with van der Waals surface area (Å²) in [5.41, 5.74) is 10.2. The number of fused-ring (bicyclic) bond motifs is 1. The number of hydrogen-bond donors (Lipinski definition) is 1. The molecule has 1 aliphatic carbocycles. The van der Waals surface area contributed by atoms with E-state index in [9.17, 15) is 0 Å². The number of furan rings is 1. The van der Waals surface area contributed by atoms with E-state index >= 15 is 0 Å². The first-order valence-electron chi connectivity index (χ1n) is 6.68. The normalized spacial score (nSPS) is 20.7. The van der Waals surface area contributed by atoms with Crippen molar-refractivity contribution in [1.29, 1.82) is 0 Å². The molecule has 0 aliphatic heterocycles. The third-order valence-corrected chi connectivity index (χ3v) is 4.04. The highest BCUT2D eigenvalue weighted by Gasteiger charge is 2.25. The maximum absolute atomic E-state index is 6.21. The molecule has 2 N–H and O–H groups in total. The molecule has 3 heteroatoms. The van der Waals surface area contributed by atoms with Gasteiger partial charge >= 0.3 is 0 Å². The molecule has 0 saturated carbocycles. The van der Waals surface area contributed by atoms with Crippen LogP contribution >= 0.6 is 0 Å². The van der Waals surface area contributed by atoms with Gasteiger partial charge in [0.1, 0.15) is 5.76 Å². The topological polar surface area (TPSA) is 44.1 Å². The Balaban J connectivity index is 2.07. The smallest absolute Gasteiger partial charge is 0.126 e. The molecule has 3 nitrogen and oxygen atoms in total. The van der Waals surface area contributed by atoms with Gasteiger partial charge in [0.15, 0.2) is 0 Å². The Morgan fingerprint density at radius 1 is 1.50 bits per heavy atom. The fraction of sp³-hybridized carbons (Fsp3) is 0.467. The second-order valence-corrected chi connectivity index (χ2v) is 5.25. The van der Waals surface area contributed by atoms with Crippen LogP contribution in [-0.4, -0.2) is 4.57 Å². The van der Waals surface area contributed by atoms with Gasteiger partial charge in [-0.1, -0.05) is 0 Å². The van der Waals surface area contributed by atoms with Gasteiger partial charge in [0.2, 0.25) is 0 Å². The number of rotatable bonds is 2. The number of aryl methyl sites for hydroxylation is 1. The van der Waals surface area contributed by atoms with Crippen LogP contribution in [0.2, 0.25) is 0 Å². The van der Waals surface area contributed by atoms with Crippen molar-refractivity contribution in [2.75, 3.05) is 0 Å². The molecule has 0 radical (unpaired) electrons. The van der Waals surface area contributed by atoms with E-state index in [1.807, 2.05) is 12.1 Å². The highest BCUT2D eigenvalue weighted by molar-refractivity contribution is 5.34. The van der Waals surface area contributed by atoms with E-state index in [2.05, 4.69) is 24.5 Å². The van der Waals surface area contributed by atoms with Gasteiger partial charge in [0, 0.05) is 17.4 Å². The number of nitrogens with two attached hydrogens (primary N) is 1. The summed E-state index contributed by atoms with van der Waals surface area (Å²) < 4.78 is 7.92. The van der Waals surface area contributed by atoms with Gasteiger partial charge in [-0.2, -0.15) is 0 Å².